The van der Waals surface area contributed by atoms with E-state index in [2.05, 4.69) is 21.8 Å². The maximum Gasteiger partial charge on any atom is 0.150 e. The van der Waals surface area contributed by atoms with Gasteiger partial charge in [-0.1, -0.05) is 6.92 Å². The van der Waals surface area contributed by atoms with E-state index in [1.807, 2.05) is 6.92 Å². The Bertz CT molecular complexity index is 353. The second-order valence-electron chi connectivity index (χ2n) is 4.58. The van der Waals surface area contributed by atoms with E-state index < -0.39 is 0 Å². The number of nitrogens with two attached hydrogens (primary N) is 1. The first-order valence-electron chi connectivity index (χ1n) is 5.98. The zero-order valence-electron chi connectivity index (χ0n) is 10.1. The zero-order chi connectivity index (χ0) is 11.5. The van der Waals surface area contributed by atoms with Crippen molar-refractivity contribution >= 4 is 5.82 Å². The molecule has 0 spiro atoms. The number of hydrogen-bond acceptors (Lipinski definition) is 4. The highest BCUT2D eigenvalue weighted by Crippen LogP contribution is 2.27. The molecule has 1 aromatic rings. The molecule has 1 saturated heterocycles. The lowest BCUT2D eigenvalue weighted by Gasteiger charge is -2.40. The molecular formula is C12H20N4. The van der Waals surface area contributed by atoms with E-state index in [1.54, 1.807) is 12.4 Å². The van der Waals surface area contributed by atoms with E-state index in [9.17, 15) is 0 Å². The third kappa shape index (κ3) is 2.02. The Kier molecular flexibility index (Phi) is 3.39. The molecule has 2 rings (SSSR count). The second-order valence-corrected chi connectivity index (χ2v) is 4.58. The molecule has 88 valence electrons. The molecule has 2 unspecified atom stereocenters. The summed E-state index contributed by atoms with van der Waals surface area (Å²) >= 11 is 0. The summed E-state index contributed by atoms with van der Waals surface area (Å²) in [5.41, 5.74) is 6.88. The Hall–Kier alpha value is -1.16. The summed E-state index contributed by atoms with van der Waals surface area (Å²) in [4.78, 5) is 11.1. The fraction of sp³-hybridized carbons (Fsp3) is 0.667. The van der Waals surface area contributed by atoms with Gasteiger partial charge >= 0.3 is 0 Å². The average molecular weight is 220 g/mol. The van der Waals surface area contributed by atoms with E-state index in [1.165, 1.54) is 12.8 Å². The van der Waals surface area contributed by atoms with Gasteiger partial charge in [-0.15, -0.1) is 0 Å². The van der Waals surface area contributed by atoms with Crippen LogP contribution in [0.1, 0.15) is 25.5 Å². The van der Waals surface area contributed by atoms with Crippen molar-refractivity contribution in [2.75, 3.05) is 18.0 Å². The van der Waals surface area contributed by atoms with E-state index in [0.717, 1.165) is 18.1 Å². The standard InChI is InChI=1S/C12H20N4/c1-9-4-3-7-16(11(9)8-13)12-10(2)14-5-6-15-12/h5-6,9,11H,3-4,7-8,13H2,1-2H3. The lowest BCUT2D eigenvalue weighted by atomic mass is 9.91. The van der Waals surface area contributed by atoms with Crippen LogP contribution < -0.4 is 10.6 Å². The van der Waals surface area contributed by atoms with Crippen LogP contribution in [0, 0.1) is 12.8 Å². The van der Waals surface area contributed by atoms with E-state index in [-0.39, 0.29) is 0 Å². The van der Waals surface area contributed by atoms with Crippen LogP contribution in [-0.2, 0) is 0 Å². The molecule has 0 saturated carbocycles. The lowest BCUT2D eigenvalue weighted by molar-refractivity contribution is 0.347. The average Bonchev–Trinajstić information content (AvgIpc) is 2.29. The summed E-state index contributed by atoms with van der Waals surface area (Å²) in [6.07, 6.45) is 5.98. The van der Waals surface area contributed by atoms with Crippen molar-refractivity contribution in [1.82, 2.24) is 9.97 Å². The number of anilines is 1. The zero-order valence-corrected chi connectivity index (χ0v) is 10.1. The van der Waals surface area contributed by atoms with Crippen LogP contribution in [0.3, 0.4) is 0 Å². The highest BCUT2D eigenvalue weighted by Gasteiger charge is 2.29. The topological polar surface area (TPSA) is 55.0 Å². The van der Waals surface area contributed by atoms with Gasteiger partial charge in [-0.25, -0.2) is 4.98 Å². The fourth-order valence-electron chi connectivity index (χ4n) is 2.55. The monoisotopic (exact) mass is 220 g/mol. The molecule has 16 heavy (non-hydrogen) atoms. The van der Waals surface area contributed by atoms with Crippen molar-refractivity contribution < 1.29 is 0 Å². The van der Waals surface area contributed by atoms with Gasteiger partial charge in [0, 0.05) is 31.5 Å². The maximum absolute atomic E-state index is 5.88. The number of aromatic nitrogens is 2. The van der Waals surface area contributed by atoms with Gasteiger partial charge < -0.3 is 10.6 Å². The van der Waals surface area contributed by atoms with Crippen molar-refractivity contribution in [3.05, 3.63) is 18.1 Å². The van der Waals surface area contributed by atoms with Crippen LogP contribution in [0.2, 0.25) is 0 Å². The molecule has 4 heteroatoms. The van der Waals surface area contributed by atoms with Crippen LogP contribution in [0.15, 0.2) is 12.4 Å². The Morgan fingerprint density at radius 1 is 1.44 bits per heavy atom. The number of aryl methyl sites for hydroxylation is 1. The van der Waals surface area contributed by atoms with Crippen molar-refractivity contribution in [3.63, 3.8) is 0 Å². The van der Waals surface area contributed by atoms with Gasteiger partial charge in [0.05, 0.1) is 5.69 Å². The second kappa shape index (κ2) is 4.78. The molecule has 0 amide bonds. The van der Waals surface area contributed by atoms with Crippen LogP contribution in [0.25, 0.3) is 0 Å². The maximum atomic E-state index is 5.88. The first-order chi connectivity index (χ1) is 7.74. The van der Waals surface area contributed by atoms with Gasteiger partial charge in [-0.05, 0) is 25.7 Å². The molecule has 2 atom stereocenters. The molecule has 1 fully saturated rings. The van der Waals surface area contributed by atoms with Gasteiger partial charge in [-0.3, -0.25) is 4.98 Å². The number of rotatable bonds is 2. The largest absolute Gasteiger partial charge is 0.351 e. The SMILES string of the molecule is Cc1nccnc1N1CCCC(C)C1CN. The minimum Gasteiger partial charge on any atom is -0.351 e. The van der Waals surface area contributed by atoms with E-state index >= 15 is 0 Å². The smallest absolute Gasteiger partial charge is 0.150 e. The molecule has 1 aliphatic heterocycles. The summed E-state index contributed by atoms with van der Waals surface area (Å²) in [5.74, 6) is 1.64. The first kappa shape index (κ1) is 11.3. The highest BCUT2D eigenvalue weighted by molar-refractivity contribution is 5.44. The van der Waals surface area contributed by atoms with Crippen LogP contribution in [0.5, 0.6) is 0 Å². The normalized spacial score (nSPS) is 25.8. The highest BCUT2D eigenvalue weighted by atomic mass is 15.2. The molecule has 1 aliphatic rings. The fourth-order valence-corrected chi connectivity index (χ4v) is 2.55. The molecule has 0 radical (unpaired) electrons. The van der Waals surface area contributed by atoms with Crippen molar-refractivity contribution in [3.8, 4) is 0 Å². The Morgan fingerprint density at radius 2 is 2.19 bits per heavy atom. The van der Waals surface area contributed by atoms with Gasteiger partial charge in [0.25, 0.3) is 0 Å². The summed E-state index contributed by atoms with van der Waals surface area (Å²) < 4.78 is 0. The van der Waals surface area contributed by atoms with Gasteiger partial charge in [-0.2, -0.15) is 0 Å². The Labute approximate surface area is 96.9 Å². The molecule has 2 heterocycles. The summed E-state index contributed by atoms with van der Waals surface area (Å²) in [6.45, 7) is 6.02. The summed E-state index contributed by atoms with van der Waals surface area (Å²) in [6, 6.07) is 0.407. The third-order valence-electron chi connectivity index (χ3n) is 3.48. The first-order valence-corrected chi connectivity index (χ1v) is 5.98. The summed E-state index contributed by atoms with van der Waals surface area (Å²) in [7, 11) is 0. The molecule has 0 aliphatic carbocycles. The van der Waals surface area contributed by atoms with Crippen molar-refractivity contribution in [1.29, 1.82) is 0 Å². The summed E-state index contributed by atoms with van der Waals surface area (Å²) in [5, 5.41) is 0. The van der Waals surface area contributed by atoms with E-state index in [0.29, 0.717) is 18.5 Å². The number of hydrogen-bond donors (Lipinski definition) is 1. The van der Waals surface area contributed by atoms with Gasteiger partial charge in [0.1, 0.15) is 5.82 Å². The minimum atomic E-state index is 0.407. The molecule has 0 aromatic carbocycles. The Morgan fingerprint density at radius 3 is 2.88 bits per heavy atom. The Balaban J connectivity index is 2.28. The molecule has 0 bridgehead atoms. The third-order valence-corrected chi connectivity index (χ3v) is 3.48. The molecule has 4 nitrogen and oxygen atoms in total. The van der Waals surface area contributed by atoms with Crippen molar-refractivity contribution in [2.24, 2.45) is 11.7 Å². The van der Waals surface area contributed by atoms with Gasteiger partial charge in [0.15, 0.2) is 0 Å². The molecule has 1 aromatic heterocycles. The predicted octanol–water partition coefficient (Wildman–Crippen LogP) is 1.35. The van der Waals surface area contributed by atoms with Crippen LogP contribution in [0.4, 0.5) is 5.82 Å². The van der Waals surface area contributed by atoms with Crippen LogP contribution in [-0.4, -0.2) is 29.1 Å². The van der Waals surface area contributed by atoms with Gasteiger partial charge in [0.2, 0.25) is 0 Å². The molecule has 2 N–H and O–H groups in total. The minimum absolute atomic E-state index is 0.407. The number of piperidine rings is 1. The van der Waals surface area contributed by atoms with E-state index in [4.69, 9.17) is 5.73 Å². The van der Waals surface area contributed by atoms with Crippen molar-refractivity contribution in [2.45, 2.75) is 32.7 Å². The predicted molar refractivity (Wildman–Crippen MR) is 65.4 cm³/mol. The quantitative estimate of drug-likeness (QED) is 0.817. The van der Waals surface area contributed by atoms with Crippen LogP contribution >= 0.6 is 0 Å². The lowest BCUT2D eigenvalue weighted by Crippen LogP contribution is -2.49. The number of nitrogens with zero attached hydrogens (tertiary/aromatic N) is 3. The molecular weight excluding hydrogens is 200 g/mol.